The van der Waals surface area contributed by atoms with Crippen LogP contribution in [0.15, 0.2) is 72.8 Å². The van der Waals surface area contributed by atoms with E-state index in [0.717, 1.165) is 50.2 Å². The Hall–Kier alpha value is -2.85. The summed E-state index contributed by atoms with van der Waals surface area (Å²) in [6.45, 7) is 4.42. The molecule has 0 aromatic heterocycles. The van der Waals surface area contributed by atoms with Gasteiger partial charge in [-0.05, 0) is 34.9 Å². The van der Waals surface area contributed by atoms with E-state index in [9.17, 15) is 4.79 Å². The number of nitrogens with one attached hydrogen (secondary N) is 1. The Bertz CT molecular complexity index is 910. The number of nitrogens with zero attached hydrogens (tertiary/aromatic N) is 2. The summed E-state index contributed by atoms with van der Waals surface area (Å²) < 4.78 is 0. The van der Waals surface area contributed by atoms with Crippen LogP contribution in [0.25, 0.3) is 10.8 Å². The van der Waals surface area contributed by atoms with Crippen LogP contribution < -0.4 is 5.32 Å². The molecule has 138 valence electrons. The molecule has 0 unspecified atom stereocenters. The Morgan fingerprint density at radius 2 is 1.59 bits per heavy atom. The van der Waals surface area contributed by atoms with Crippen LogP contribution in [0, 0.1) is 0 Å². The molecule has 0 spiro atoms. The maximum absolute atomic E-state index is 12.7. The lowest BCUT2D eigenvalue weighted by Gasteiger charge is -2.22. The molecule has 1 saturated heterocycles. The van der Waals surface area contributed by atoms with E-state index < -0.39 is 0 Å². The smallest absolute Gasteiger partial charge is 0.321 e. The van der Waals surface area contributed by atoms with Crippen LogP contribution in [0.2, 0.25) is 0 Å². The number of amides is 2. The van der Waals surface area contributed by atoms with Crippen molar-refractivity contribution in [3.05, 3.63) is 78.4 Å². The Kier molecular flexibility index (Phi) is 5.35. The zero-order valence-corrected chi connectivity index (χ0v) is 15.5. The van der Waals surface area contributed by atoms with E-state index >= 15 is 0 Å². The SMILES string of the molecule is O=C(Nc1ccc2ccccc2c1)N1CCCN(Cc2ccccc2)CC1. The maximum atomic E-state index is 12.7. The fourth-order valence-corrected chi connectivity index (χ4v) is 3.64. The summed E-state index contributed by atoms with van der Waals surface area (Å²) in [7, 11) is 0. The Morgan fingerprint density at radius 1 is 0.815 bits per heavy atom. The highest BCUT2D eigenvalue weighted by molar-refractivity contribution is 5.93. The van der Waals surface area contributed by atoms with Gasteiger partial charge < -0.3 is 10.2 Å². The van der Waals surface area contributed by atoms with E-state index in [1.165, 1.54) is 10.9 Å². The lowest BCUT2D eigenvalue weighted by molar-refractivity contribution is 0.211. The average Bonchev–Trinajstić information content (AvgIpc) is 2.94. The number of hydrogen-bond acceptors (Lipinski definition) is 2. The van der Waals surface area contributed by atoms with Gasteiger partial charge in [-0.25, -0.2) is 4.79 Å². The highest BCUT2D eigenvalue weighted by Gasteiger charge is 2.19. The van der Waals surface area contributed by atoms with Gasteiger partial charge in [0.05, 0.1) is 0 Å². The van der Waals surface area contributed by atoms with Crippen molar-refractivity contribution in [2.75, 3.05) is 31.5 Å². The molecule has 0 saturated carbocycles. The van der Waals surface area contributed by atoms with E-state index in [2.05, 4.69) is 52.7 Å². The van der Waals surface area contributed by atoms with Gasteiger partial charge in [0.15, 0.2) is 0 Å². The molecule has 4 heteroatoms. The third kappa shape index (κ3) is 4.47. The highest BCUT2D eigenvalue weighted by Crippen LogP contribution is 2.19. The molecule has 1 N–H and O–H groups in total. The quantitative estimate of drug-likeness (QED) is 0.743. The number of benzene rings is 3. The molecule has 3 aromatic rings. The fourth-order valence-electron chi connectivity index (χ4n) is 3.64. The Morgan fingerprint density at radius 3 is 2.44 bits per heavy atom. The first-order chi connectivity index (χ1) is 13.3. The van der Waals surface area contributed by atoms with Crippen LogP contribution in [0.5, 0.6) is 0 Å². The van der Waals surface area contributed by atoms with Crippen molar-refractivity contribution in [3.8, 4) is 0 Å². The second-order valence-corrected chi connectivity index (χ2v) is 7.09. The van der Waals surface area contributed by atoms with Crippen LogP contribution in [0.4, 0.5) is 10.5 Å². The number of anilines is 1. The van der Waals surface area contributed by atoms with Gasteiger partial charge in [-0.1, -0.05) is 60.7 Å². The van der Waals surface area contributed by atoms with E-state index in [1.54, 1.807) is 0 Å². The molecule has 4 nitrogen and oxygen atoms in total. The number of urea groups is 1. The molecule has 1 fully saturated rings. The minimum Gasteiger partial charge on any atom is -0.323 e. The lowest BCUT2D eigenvalue weighted by atomic mass is 10.1. The highest BCUT2D eigenvalue weighted by atomic mass is 16.2. The predicted molar refractivity (Wildman–Crippen MR) is 111 cm³/mol. The van der Waals surface area contributed by atoms with Gasteiger partial charge in [0.2, 0.25) is 0 Å². The maximum Gasteiger partial charge on any atom is 0.321 e. The fraction of sp³-hybridized carbons (Fsp3) is 0.261. The summed E-state index contributed by atoms with van der Waals surface area (Å²) in [4.78, 5) is 17.1. The van der Waals surface area contributed by atoms with E-state index in [4.69, 9.17) is 0 Å². The van der Waals surface area contributed by atoms with Gasteiger partial charge in [-0.15, -0.1) is 0 Å². The van der Waals surface area contributed by atoms with Crippen molar-refractivity contribution < 1.29 is 4.79 Å². The summed E-state index contributed by atoms with van der Waals surface area (Å²) in [6.07, 6.45) is 0.998. The largest absolute Gasteiger partial charge is 0.323 e. The van der Waals surface area contributed by atoms with E-state index in [1.807, 2.05) is 35.2 Å². The third-order valence-corrected chi connectivity index (χ3v) is 5.13. The monoisotopic (exact) mass is 359 g/mol. The van der Waals surface area contributed by atoms with Crippen LogP contribution >= 0.6 is 0 Å². The van der Waals surface area contributed by atoms with E-state index in [0.29, 0.717) is 0 Å². The molecule has 4 rings (SSSR count). The van der Waals surface area contributed by atoms with Crippen LogP contribution in [-0.4, -0.2) is 42.0 Å². The van der Waals surface area contributed by atoms with Crippen molar-refractivity contribution in [1.29, 1.82) is 0 Å². The second kappa shape index (κ2) is 8.23. The van der Waals surface area contributed by atoms with Crippen molar-refractivity contribution in [2.24, 2.45) is 0 Å². The van der Waals surface area contributed by atoms with Gasteiger partial charge >= 0.3 is 6.03 Å². The molecule has 0 bridgehead atoms. The zero-order valence-electron chi connectivity index (χ0n) is 15.5. The predicted octanol–water partition coefficient (Wildman–Crippen LogP) is 4.58. The number of fused-ring (bicyclic) bond motifs is 1. The van der Waals surface area contributed by atoms with Crippen molar-refractivity contribution in [3.63, 3.8) is 0 Å². The van der Waals surface area contributed by atoms with Crippen LogP contribution in [0.1, 0.15) is 12.0 Å². The summed E-state index contributed by atoms with van der Waals surface area (Å²) in [5, 5.41) is 5.39. The van der Waals surface area contributed by atoms with Gasteiger partial charge in [0, 0.05) is 38.4 Å². The second-order valence-electron chi connectivity index (χ2n) is 7.09. The van der Waals surface area contributed by atoms with Crippen LogP contribution in [0.3, 0.4) is 0 Å². The first-order valence-corrected chi connectivity index (χ1v) is 9.59. The minimum atomic E-state index is -0.00755. The standard InChI is InChI=1S/C23H25N3O/c27-23(24-22-12-11-20-9-4-5-10-21(20)17-22)26-14-6-13-25(15-16-26)18-19-7-2-1-3-8-19/h1-5,7-12,17H,6,13-16,18H2,(H,24,27). The molecule has 3 aromatic carbocycles. The number of carbonyl (C=O) groups excluding carboxylic acids is 1. The Labute approximate surface area is 160 Å². The number of carbonyl (C=O) groups is 1. The summed E-state index contributed by atoms with van der Waals surface area (Å²) in [5.74, 6) is 0. The van der Waals surface area contributed by atoms with Gasteiger partial charge in [-0.2, -0.15) is 0 Å². The normalized spacial score (nSPS) is 15.5. The topological polar surface area (TPSA) is 35.6 Å². The summed E-state index contributed by atoms with van der Waals surface area (Å²) in [6, 6.07) is 24.8. The van der Waals surface area contributed by atoms with Gasteiger partial charge in [0.1, 0.15) is 0 Å². The molecule has 0 aliphatic carbocycles. The van der Waals surface area contributed by atoms with Gasteiger partial charge in [0.25, 0.3) is 0 Å². The molecule has 1 heterocycles. The van der Waals surface area contributed by atoms with E-state index in [-0.39, 0.29) is 6.03 Å². The minimum absolute atomic E-state index is 0.00755. The summed E-state index contributed by atoms with van der Waals surface area (Å²) in [5.41, 5.74) is 2.18. The molecular weight excluding hydrogens is 334 g/mol. The van der Waals surface area contributed by atoms with Crippen molar-refractivity contribution >= 4 is 22.5 Å². The first-order valence-electron chi connectivity index (χ1n) is 9.59. The molecule has 1 aliphatic rings. The molecule has 1 aliphatic heterocycles. The molecule has 2 amide bonds. The first kappa shape index (κ1) is 17.6. The average molecular weight is 359 g/mol. The Balaban J connectivity index is 1.36. The number of hydrogen-bond donors (Lipinski definition) is 1. The molecular formula is C23H25N3O. The number of rotatable bonds is 3. The molecule has 0 atom stereocenters. The van der Waals surface area contributed by atoms with Crippen molar-refractivity contribution in [1.82, 2.24) is 9.80 Å². The molecule has 0 radical (unpaired) electrons. The molecule has 27 heavy (non-hydrogen) atoms. The van der Waals surface area contributed by atoms with Gasteiger partial charge in [-0.3, -0.25) is 4.90 Å². The van der Waals surface area contributed by atoms with Crippen LogP contribution in [-0.2, 0) is 6.54 Å². The van der Waals surface area contributed by atoms with Crippen molar-refractivity contribution in [2.45, 2.75) is 13.0 Å². The summed E-state index contributed by atoms with van der Waals surface area (Å²) >= 11 is 0. The zero-order chi connectivity index (χ0) is 18.5. The lowest BCUT2D eigenvalue weighted by Crippen LogP contribution is -2.38. The third-order valence-electron chi connectivity index (χ3n) is 5.13.